The molecule has 0 amide bonds. The number of hydrogen-bond donors (Lipinski definition) is 1. The Labute approximate surface area is 127 Å². The zero-order valence-electron chi connectivity index (χ0n) is 12.6. The number of ketones is 1. The maximum absolute atomic E-state index is 12.7. The van der Waals surface area contributed by atoms with Crippen LogP contribution in [0.25, 0.3) is 0 Å². The van der Waals surface area contributed by atoms with Crippen molar-refractivity contribution in [2.75, 3.05) is 14.2 Å². The van der Waals surface area contributed by atoms with Crippen LogP contribution in [0.5, 0.6) is 11.5 Å². The lowest BCUT2D eigenvalue weighted by molar-refractivity contribution is -0.136. The average molecular weight is 303 g/mol. The largest absolute Gasteiger partial charge is 0.497 e. The standard InChI is InChI=1S/C16H17NO5/c1-17-10(8-15(18)19)4-7-13(17)16(20)12-6-5-11(21-2)9-14(12)22-3/h4-7,9H,8H2,1-3H3,(H,18,19). The molecular weight excluding hydrogens is 286 g/mol. The smallest absolute Gasteiger partial charge is 0.309 e. The van der Waals surface area contributed by atoms with E-state index in [0.29, 0.717) is 28.5 Å². The van der Waals surface area contributed by atoms with Crippen molar-refractivity contribution in [2.45, 2.75) is 6.42 Å². The van der Waals surface area contributed by atoms with E-state index in [2.05, 4.69) is 0 Å². The highest BCUT2D eigenvalue weighted by Crippen LogP contribution is 2.27. The van der Waals surface area contributed by atoms with Crippen molar-refractivity contribution >= 4 is 11.8 Å². The number of benzene rings is 1. The summed E-state index contributed by atoms with van der Waals surface area (Å²) in [4.78, 5) is 23.5. The van der Waals surface area contributed by atoms with E-state index in [4.69, 9.17) is 14.6 Å². The molecule has 0 aliphatic rings. The summed E-state index contributed by atoms with van der Waals surface area (Å²) in [6.07, 6.45) is -0.135. The number of carboxylic acid groups (broad SMARTS) is 1. The number of methoxy groups -OCH3 is 2. The average Bonchev–Trinajstić information content (AvgIpc) is 2.86. The van der Waals surface area contributed by atoms with E-state index in [1.807, 2.05) is 0 Å². The molecule has 6 heteroatoms. The van der Waals surface area contributed by atoms with Crippen LogP contribution in [-0.4, -0.2) is 35.6 Å². The molecular formula is C16H17NO5. The topological polar surface area (TPSA) is 77.8 Å². The van der Waals surface area contributed by atoms with Crippen molar-refractivity contribution in [2.24, 2.45) is 7.05 Å². The number of ether oxygens (including phenoxy) is 2. The minimum Gasteiger partial charge on any atom is -0.497 e. The fraction of sp³-hybridized carbons (Fsp3) is 0.250. The summed E-state index contributed by atoms with van der Waals surface area (Å²) >= 11 is 0. The highest BCUT2D eigenvalue weighted by molar-refractivity contribution is 6.10. The Kier molecular flexibility index (Phi) is 4.50. The Morgan fingerprint density at radius 3 is 2.45 bits per heavy atom. The van der Waals surface area contributed by atoms with Crippen LogP contribution in [0.2, 0.25) is 0 Å². The summed E-state index contributed by atoms with van der Waals surface area (Å²) in [6, 6.07) is 8.19. The second kappa shape index (κ2) is 6.34. The van der Waals surface area contributed by atoms with Gasteiger partial charge < -0.3 is 19.1 Å². The van der Waals surface area contributed by atoms with Crippen LogP contribution in [0.3, 0.4) is 0 Å². The first-order chi connectivity index (χ1) is 10.5. The molecule has 1 aromatic heterocycles. The number of hydrogen-bond acceptors (Lipinski definition) is 4. The Hall–Kier alpha value is -2.76. The molecule has 0 spiro atoms. The lowest BCUT2D eigenvalue weighted by Crippen LogP contribution is -2.12. The number of aliphatic carboxylic acids is 1. The van der Waals surface area contributed by atoms with Gasteiger partial charge in [-0.2, -0.15) is 0 Å². The maximum Gasteiger partial charge on any atom is 0.309 e. The fourth-order valence-electron chi connectivity index (χ4n) is 2.24. The normalized spacial score (nSPS) is 10.3. The van der Waals surface area contributed by atoms with Gasteiger partial charge in [-0.05, 0) is 24.3 Å². The van der Waals surface area contributed by atoms with Crippen LogP contribution < -0.4 is 9.47 Å². The molecule has 0 bridgehead atoms. The molecule has 22 heavy (non-hydrogen) atoms. The van der Waals surface area contributed by atoms with E-state index in [9.17, 15) is 9.59 Å². The zero-order valence-corrected chi connectivity index (χ0v) is 12.6. The third-order valence-electron chi connectivity index (χ3n) is 3.44. The minimum absolute atomic E-state index is 0.135. The van der Waals surface area contributed by atoms with Crippen LogP contribution in [0.15, 0.2) is 30.3 Å². The quantitative estimate of drug-likeness (QED) is 0.825. The molecule has 0 aliphatic carbocycles. The highest BCUT2D eigenvalue weighted by Gasteiger charge is 2.19. The fourth-order valence-corrected chi connectivity index (χ4v) is 2.24. The number of carbonyl (C=O) groups excluding carboxylic acids is 1. The molecule has 0 fully saturated rings. The molecule has 0 unspecified atom stereocenters. The van der Waals surface area contributed by atoms with Gasteiger partial charge in [-0.15, -0.1) is 0 Å². The Bertz CT molecular complexity index is 717. The van der Waals surface area contributed by atoms with Crippen LogP contribution in [0.4, 0.5) is 0 Å². The third kappa shape index (κ3) is 2.95. The van der Waals surface area contributed by atoms with Crippen molar-refractivity contribution in [3.8, 4) is 11.5 Å². The lowest BCUT2D eigenvalue weighted by Gasteiger charge is -2.11. The van der Waals surface area contributed by atoms with Crippen molar-refractivity contribution in [1.82, 2.24) is 4.57 Å². The molecule has 1 N–H and O–H groups in total. The van der Waals surface area contributed by atoms with Gasteiger partial charge in [0.2, 0.25) is 5.78 Å². The van der Waals surface area contributed by atoms with E-state index < -0.39 is 5.97 Å². The summed E-state index contributed by atoms with van der Waals surface area (Å²) in [6.45, 7) is 0. The Balaban J connectivity index is 2.40. The molecule has 1 aromatic carbocycles. The van der Waals surface area contributed by atoms with Crippen molar-refractivity contribution < 1.29 is 24.2 Å². The van der Waals surface area contributed by atoms with Gasteiger partial charge in [-0.25, -0.2) is 0 Å². The van der Waals surface area contributed by atoms with Gasteiger partial charge >= 0.3 is 5.97 Å². The van der Waals surface area contributed by atoms with Crippen molar-refractivity contribution in [3.63, 3.8) is 0 Å². The highest BCUT2D eigenvalue weighted by atomic mass is 16.5. The first-order valence-corrected chi connectivity index (χ1v) is 6.61. The minimum atomic E-state index is -0.942. The molecule has 0 atom stereocenters. The lowest BCUT2D eigenvalue weighted by atomic mass is 10.1. The molecule has 6 nitrogen and oxygen atoms in total. The van der Waals surface area contributed by atoms with Crippen LogP contribution in [-0.2, 0) is 18.3 Å². The predicted molar refractivity (Wildman–Crippen MR) is 79.7 cm³/mol. The summed E-state index contributed by atoms with van der Waals surface area (Å²) in [5.41, 5.74) is 1.36. The first kappa shape index (κ1) is 15.6. The molecule has 0 saturated carbocycles. The SMILES string of the molecule is COc1ccc(C(=O)c2ccc(CC(=O)O)n2C)c(OC)c1. The molecule has 116 valence electrons. The summed E-state index contributed by atoms with van der Waals surface area (Å²) in [5, 5.41) is 8.86. The summed E-state index contributed by atoms with van der Waals surface area (Å²) < 4.78 is 11.9. The van der Waals surface area contributed by atoms with Crippen LogP contribution in [0, 0.1) is 0 Å². The maximum atomic E-state index is 12.7. The van der Waals surface area contributed by atoms with E-state index in [0.717, 1.165) is 0 Å². The van der Waals surface area contributed by atoms with Crippen LogP contribution >= 0.6 is 0 Å². The molecule has 0 aliphatic heterocycles. The second-order valence-electron chi connectivity index (χ2n) is 4.73. The van der Waals surface area contributed by atoms with Gasteiger partial charge in [0.25, 0.3) is 0 Å². The number of carboxylic acids is 1. The van der Waals surface area contributed by atoms with Gasteiger partial charge in [-0.1, -0.05) is 0 Å². The van der Waals surface area contributed by atoms with E-state index in [1.165, 1.54) is 14.2 Å². The van der Waals surface area contributed by atoms with Crippen LogP contribution in [0.1, 0.15) is 21.7 Å². The Morgan fingerprint density at radius 1 is 1.14 bits per heavy atom. The zero-order chi connectivity index (χ0) is 16.3. The van der Waals surface area contributed by atoms with Gasteiger partial charge in [-0.3, -0.25) is 9.59 Å². The van der Waals surface area contributed by atoms with Gasteiger partial charge in [0.1, 0.15) is 11.5 Å². The van der Waals surface area contributed by atoms with Gasteiger partial charge in [0, 0.05) is 18.8 Å². The molecule has 0 saturated heterocycles. The first-order valence-electron chi connectivity index (χ1n) is 6.61. The van der Waals surface area contributed by atoms with E-state index in [-0.39, 0.29) is 12.2 Å². The molecule has 2 rings (SSSR count). The molecule has 0 radical (unpaired) electrons. The summed E-state index contributed by atoms with van der Waals surface area (Å²) in [5.74, 6) is -0.182. The number of carbonyl (C=O) groups is 2. The van der Waals surface area contributed by atoms with E-state index in [1.54, 1.807) is 41.9 Å². The number of rotatable bonds is 6. The molecule has 2 aromatic rings. The second-order valence-corrected chi connectivity index (χ2v) is 4.73. The Morgan fingerprint density at radius 2 is 1.86 bits per heavy atom. The monoisotopic (exact) mass is 303 g/mol. The van der Waals surface area contributed by atoms with Crippen molar-refractivity contribution in [3.05, 3.63) is 47.3 Å². The predicted octanol–water partition coefficient (Wildman–Crippen LogP) is 1.90. The summed E-state index contributed by atoms with van der Waals surface area (Å²) in [7, 11) is 4.68. The molecule has 1 heterocycles. The number of aromatic nitrogens is 1. The van der Waals surface area contributed by atoms with Crippen molar-refractivity contribution in [1.29, 1.82) is 0 Å². The van der Waals surface area contributed by atoms with E-state index >= 15 is 0 Å². The van der Waals surface area contributed by atoms with Gasteiger partial charge in [0.15, 0.2) is 0 Å². The third-order valence-corrected chi connectivity index (χ3v) is 3.44. The van der Waals surface area contributed by atoms with Gasteiger partial charge in [0.05, 0.1) is 31.9 Å². The number of nitrogens with zero attached hydrogens (tertiary/aromatic N) is 1.